The first kappa shape index (κ1) is 18.2. The molecule has 1 aliphatic heterocycles. The van der Waals surface area contributed by atoms with Crippen LogP contribution in [0.25, 0.3) is 0 Å². The first-order valence-electron chi connectivity index (χ1n) is 8.44. The van der Waals surface area contributed by atoms with Crippen molar-refractivity contribution < 1.29 is 4.79 Å². The SMILES string of the molecule is Cn1cnnc1Sc1ccc(NC(=O)CCC2CCNCC2)cc1Cl. The Morgan fingerprint density at radius 3 is 2.92 bits per heavy atom. The molecular weight excluding hydrogens is 358 g/mol. The van der Waals surface area contributed by atoms with Crippen molar-refractivity contribution in [3.05, 3.63) is 29.5 Å². The summed E-state index contributed by atoms with van der Waals surface area (Å²) in [5.74, 6) is 0.698. The third kappa shape index (κ3) is 5.20. The van der Waals surface area contributed by atoms with E-state index in [4.69, 9.17) is 11.6 Å². The van der Waals surface area contributed by atoms with Gasteiger partial charge in [0.1, 0.15) is 6.33 Å². The lowest BCUT2D eigenvalue weighted by Crippen LogP contribution is -2.28. The maximum Gasteiger partial charge on any atom is 0.224 e. The summed E-state index contributed by atoms with van der Waals surface area (Å²) >= 11 is 7.79. The van der Waals surface area contributed by atoms with Crippen molar-refractivity contribution in [1.29, 1.82) is 0 Å². The quantitative estimate of drug-likeness (QED) is 0.805. The number of benzene rings is 1. The van der Waals surface area contributed by atoms with Gasteiger partial charge in [-0.25, -0.2) is 0 Å². The zero-order chi connectivity index (χ0) is 17.6. The average Bonchev–Trinajstić information content (AvgIpc) is 3.01. The minimum atomic E-state index is 0.0447. The maximum atomic E-state index is 12.2. The second-order valence-electron chi connectivity index (χ2n) is 6.25. The van der Waals surface area contributed by atoms with Crippen LogP contribution in [0.5, 0.6) is 0 Å². The predicted octanol–water partition coefficient (Wildman–Crippen LogP) is 3.34. The Balaban J connectivity index is 1.53. The van der Waals surface area contributed by atoms with Gasteiger partial charge in [0.05, 0.1) is 5.02 Å². The molecule has 25 heavy (non-hydrogen) atoms. The number of carbonyl (C=O) groups is 1. The van der Waals surface area contributed by atoms with Crippen LogP contribution in [0.2, 0.25) is 5.02 Å². The summed E-state index contributed by atoms with van der Waals surface area (Å²) in [5.41, 5.74) is 0.725. The fraction of sp³-hybridized carbons (Fsp3) is 0.471. The van der Waals surface area contributed by atoms with Crippen LogP contribution in [0.1, 0.15) is 25.7 Å². The molecule has 0 atom stereocenters. The molecule has 1 fully saturated rings. The second-order valence-corrected chi connectivity index (χ2v) is 7.67. The fourth-order valence-electron chi connectivity index (χ4n) is 2.85. The van der Waals surface area contributed by atoms with Gasteiger partial charge in [0, 0.05) is 24.1 Å². The van der Waals surface area contributed by atoms with Gasteiger partial charge in [-0.2, -0.15) is 0 Å². The first-order chi connectivity index (χ1) is 12.1. The smallest absolute Gasteiger partial charge is 0.224 e. The van der Waals surface area contributed by atoms with E-state index in [0.29, 0.717) is 17.4 Å². The van der Waals surface area contributed by atoms with Crippen LogP contribution in [0.15, 0.2) is 34.6 Å². The number of aryl methyl sites for hydroxylation is 1. The molecule has 2 heterocycles. The number of nitrogens with zero attached hydrogens (tertiary/aromatic N) is 3. The Morgan fingerprint density at radius 1 is 1.44 bits per heavy atom. The highest BCUT2D eigenvalue weighted by molar-refractivity contribution is 7.99. The molecule has 6 nitrogen and oxygen atoms in total. The van der Waals surface area contributed by atoms with E-state index in [1.165, 1.54) is 11.8 Å². The van der Waals surface area contributed by atoms with E-state index < -0.39 is 0 Å². The molecule has 3 rings (SSSR count). The zero-order valence-electron chi connectivity index (χ0n) is 14.2. The predicted molar refractivity (Wildman–Crippen MR) is 100 cm³/mol. The van der Waals surface area contributed by atoms with E-state index in [2.05, 4.69) is 20.8 Å². The summed E-state index contributed by atoms with van der Waals surface area (Å²) in [4.78, 5) is 13.0. The molecule has 1 aliphatic rings. The van der Waals surface area contributed by atoms with Gasteiger partial charge in [0.2, 0.25) is 5.91 Å². The van der Waals surface area contributed by atoms with Crippen molar-refractivity contribution >= 4 is 35.0 Å². The van der Waals surface area contributed by atoms with Crippen molar-refractivity contribution in [2.75, 3.05) is 18.4 Å². The molecule has 0 spiro atoms. The van der Waals surface area contributed by atoms with Gasteiger partial charge in [-0.3, -0.25) is 4.79 Å². The number of amides is 1. The van der Waals surface area contributed by atoms with Crippen LogP contribution in [0.3, 0.4) is 0 Å². The number of halogens is 1. The summed E-state index contributed by atoms with van der Waals surface area (Å²) in [6.07, 6.45) is 5.46. The molecule has 0 unspecified atom stereocenters. The molecule has 0 saturated carbocycles. The highest BCUT2D eigenvalue weighted by atomic mass is 35.5. The lowest BCUT2D eigenvalue weighted by Gasteiger charge is -2.22. The number of hydrogen-bond donors (Lipinski definition) is 2. The molecule has 1 aromatic heterocycles. The Labute approximate surface area is 156 Å². The Kier molecular flexibility index (Phi) is 6.34. The molecule has 0 aliphatic carbocycles. The lowest BCUT2D eigenvalue weighted by molar-refractivity contribution is -0.116. The minimum absolute atomic E-state index is 0.0447. The van der Waals surface area contributed by atoms with Crippen molar-refractivity contribution in [2.24, 2.45) is 13.0 Å². The van der Waals surface area contributed by atoms with Crippen LogP contribution in [0.4, 0.5) is 5.69 Å². The largest absolute Gasteiger partial charge is 0.326 e. The molecule has 0 bridgehead atoms. The number of carbonyl (C=O) groups excluding carboxylic acids is 1. The molecule has 2 N–H and O–H groups in total. The van der Waals surface area contributed by atoms with Gasteiger partial charge in [-0.1, -0.05) is 11.6 Å². The van der Waals surface area contributed by atoms with Gasteiger partial charge < -0.3 is 15.2 Å². The van der Waals surface area contributed by atoms with Gasteiger partial charge in [-0.15, -0.1) is 10.2 Å². The van der Waals surface area contributed by atoms with Crippen LogP contribution < -0.4 is 10.6 Å². The van der Waals surface area contributed by atoms with Crippen LogP contribution in [-0.4, -0.2) is 33.8 Å². The standard InChI is InChI=1S/C17H22ClN5OS/c1-23-11-20-22-17(23)25-15-4-3-13(10-14(15)18)21-16(24)5-2-12-6-8-19-9-7-12/h3-4,10-12,19H,2,5-9H2,1H3,(H,21,24). The topological polar surface area (TPSA) is 71.8 Å². The van der Waals surface area contributed by atoms with E-state index in [9.17, 15) is 4.79 Å². The Bertz CT molecular complexity index is 730. The van der Waals surface area contributed by atoms with Crippen molar-refractivity contribution in [3.63, 3.8) is 0 Å². The molecule has 1 aromatic carbocycles. The maximum absolute atomic E-state index is 12.2. The summed E-state index contributed by atoms with van der Waals surface area (Å²) in [6.45, 7) is 2.12. The fourth-order valence-corrected chi connectivity index (χ4v) is 3.92. The van der Waals surface area contributed by atoms with Gasteiger partial charge >= 0.3 is 0 Å². The summed E-state index contributed by atoms with van der Waals surface area (Å²) in [6, 6.07) is 5.54. The van der Waals surface area contributed by atoms with Gasteiger partial charge in [0.25, 0.3) is 0 Å². The number of aromatic nitrogens is 3. The van der Waals surface area contributed by atoms with E-state index in [1.807, 2.05) is 23.7 Å². The van der Waals surface area contributed by atoms with E-state index >= 15 is 0 Å². The molecule has 0 radical (unpaired) electrons. The van der Waals surface area contributed by atoms with Crippen molar-refractivity contribution in [1.82, 2.24) is 20.1 Å². The third-order valence-corrected chi connectivity index (χ3v) is 5.88. The molecular formula is C17H22ClN5OS. The van der Waals surface area contributed by atoms with Crippen LogP contribution in [0, 0.1) is 5.92 Å². The van der Waals surface area contributed by atoms with E-state index in [1.54, 1.807) is 12.4 Å². The first-order valence-corrected chi connectivity index (χ1v) is 9.63. The average molecular weight is 380 g/mol. The van der Waals surface area contributed by atoms with Gasteiger partial charge in [-0.05, 0) is 68.2 Å². The summed E-state index contributed by atoms with van der Waals surface area (Å²) < 4.78 is 1.83. The van der Waals surface area contributed by atoms with E-state index in [0.717, 1.165) is 48.1 Å². The number of nitrogens with one attached hydrogen (secondary N) is 2. The normalized spacial score (nSPS) is 15.3. The number of anilines is 1. The number of rotatable bonds is 6. The van der Waals surface area contributed by atoms with Crippen molar-refractivity contribution in [3.8, 4) is 0 Å². The van der Waals surface area contributed by atoms with E-state index in [-0.39, 0.29) is 5.91 Å². The molecule has 2 aromatic rings. The molecule has 1 saturated heterocycles. The Hall–Kier alpha value is -1.57. The molecule has 1 amide bonds. The molecule has 8 heteroatoms. The molecule has 134 valence electrons. The van der Waals surface area contributed by atoms with Crippen LogP contribution in [-0.2, 0) is 11.8 Å². The highest BCUT2D eigenvalue weighted by Crippen LogP contribution is 2.33. The van der Waals surface area contributed by atoms with Crippen molar-refractivity contribution in [2.45, 2.75) is 35.7 Å². The lowest BCUT2D eigenvalue weighted by atomic mass is 9.93. The zero-order valence-corrected chi connectivity index (χ0v) is 15.7. The van der Waals surface area contributed by atoms with Gasteiger partial charge in [0.15, 0.2) is 5.16 Å². The monoisotopic (exact) mass is 379 g/mol. The Morgan fingerprint density at radius 2 is 2.24 bits per heavy atom. The third-order valence-electron chi connectivity index (χ3n) is 4.33. The number of hydrogen-bond acceptors (Lipinski definition) is 5. The highest BCUT2D eigenvalue weighted by Gasteiger charge is 2.15. The number of piperidine rings is 1. The van der Waals surface area contributed by atoms with Crippen LogP contribution >= 0.6 is 23.4 Å². The summed E-state index contributed by atoms with van der Waals surface area (Å²) in [5, 5.41) is 15.5. The summed E-state index contributed by atoms with van der Waals surface area (Å²) in [7, 11) is 1.88. The minimum Gasteiger partial charge on any atom is -0.326 e. The second kappa shape index (κ2) is 8.69.